The van der Waals surface area contributed by atoms with Crippen molar-refractivity contribution in [1.29, 1.82) is 10.5 Å². The summed E-state index contributed by atoms with van der Waals surface area (Å²) in [5.41, 5.74) is 4.64. The fraction of sp³-hybridized carbons (Fsp3) is 0.267. The standard InChI is InChI=1S/C30H27FN6O/c1-19-4-6-21(7-5-19)28(22-8-10-23(31)11-9-22)37-15-14-36(18-20(37)2)29-25(17-33)30(38)35(3)26-13-12-24(16-32)34-27(26)29/h4-13,20,28H,14-15,18H2,1-3H3/t20-,28?/m1/s1. The molecule has 0 spiro atoms. The highest BCUT2D eigenvalue weighted by molar-refractivity contribution is 5.92. The van der Waals surface area contributed by atoms with E-state index in [1.165, 1.54) is 16.7 Å². The van der Waals surface area contributed by atoms with Crippen molar-refractivity contribution in [2.75, 3.05) is 24.5 Å². The van der Waals surface area contributed by atoms with Gasteiger partial charge in [-0.05, 0) is 49.2 Å². The second kappa shape index (κ2) is 10.1. The monoisotopic (exact) mass is 506 g/mol. The predicted molar refractivity (Wildman–Crippen MR) is 144 cm³/mol. The van der Waals surface area contributed by atoms with Crippen molar-refractivity contribution in [1.82, 2.24) is 14.5 Å². The number of hydrogen-bond acceptors (Lipinski definition) is 6. The van der Waals surface area contributed by atoms with Crippen molar-refractivity contribution >= 4 is 16.7 Å². The maximum atomic E-state index is 13.8. The van der Waals surface area contributed by atoms with E-state index in [0.717, 1.165) is 16.7 Å². The molecule has 0 N–H and O–H groups in total. The minimum Gasteiger partial charge on any atom is -0.366 e. The SMILES string of the molecule is Cc1ccc(C(c2ccc(F)cc2)N2CCN(c3c(C#N)c(=O)n(C)c4ccc(C#N)nc34)C[C@H]2C)cc1. The van der Waals surface area contributed by atoms with Gasteiger partial charge in [-0.25, -0.2) is 9.37 Å². The van der Waals surface area contributed by atoms with Gasteiger partial charge in [0.15, 0.2) is 0 Å². The summed E-state index contributed by atoms with van der Waals surface area (Å²) in [7, 11) is 1.61. The number of nitrogens with zero attached hydrogens (tertiary/aromatic N) is 6. The Morgan fingerprint density at radius 3 is 2.24 bits per heavy atom. The quantitative estimate of drug-likeness (QED) is 0.407. The first-order chi connectivity index (χ1) is 18.3. The van der Waals surface area contributed by atoms with Gasteiger partial charge in [0, 0.05) is 32.7 Å². The molecule has 1 unspecified atom stereocenters. The first-order valence-electron chi connectivity index (χ1n) is 12.5. The normalized spacial score (nSPS) is 16.7. The van der Waals surface area contributed by atoms with Crippen LogP contribution in [-0.4, -0.2) is 40.1 Å². The Morgan fingerprint density at radius 1 is 0.974 bits per heavy atom. The molecule has 5 rings (SSSR count). The highest BCUT2D eigenvalue weighted by Gasteiger charge is 2.34. The summed E-state index contributed by atoms with van der Waals surface area (Å²) in [6.45, 7) is 5.88. The molecule has 0 radical (unpaired) electrons. The van der Waals surface area contributed by atoms with Crippen LogP contribution in [0.15, 0.2) is 65.5 Å². The summed E-state index contributed by atoms with van der Waals surface area (Å²) in [6.07, 6.45) is 0. The lowest BCUT2D eigenvalue weighted by molar-refractivity contribution is 0.150. The minimum atomic E-state index is -0.388. The number of hydrogen-bond donors (Lipinski definition) is 0. The van der Waals surface area contributed by atoms with E-state index >= 15 is 0 Å². The largest absolute Gasteiger partial charge is 0.366 e. The topological polar surface area (TPSA) is 89.0 Å². The summed E-state index contributed by atoms with van der Waals surface area (Å²) in [5.74, 6) is -0.278. The van der Waals surface area contributed by atoms with E-state index in [1.54, 1.807) is 19.2 Å². The molecule has 2 aromatic heterocycles. The van der Waals surface area contributed by atoms with Crippen LogP contribution in [0, 0.1) is 35.4 Å². The molecule has 8 heteroatoms. The van der Waals surface area contributed by atoms with Gasteiger partial charge in [0.1, 0.15) is 34.7 Å². The van der Waals surface area contributed by atoms with Crippen LogP contribution in [0.4, 0.5) is 10.1 Å². The molecule has 38 heavy (non-hydrogen) atoms. The molecular weight excluding hydrogens is 479 g/mol. The fourth-order valence-electron chi connectivity index (χ4n) is 5.39. The van der Waals surface area contributed by atoms with Crippen molar-refractivity contribution in [3.63, 3.8) is 0 Å². The number of anilines is 1. The van der Waals surface area contributed by atoms with Crippen LogP contribution in [-0.2, 0) is 7.05 Å². The summed E-state index contributed by atoms with van der Waals surface area (Å²) in [6, 6.07) is 22.4. The third-order valence-corrected chi connectivity index (χ3v) is 7.35. The Balaban J connectivity index is 1.56. The number of rotatable bonds is 4. The van der Waals surface area contributed by atoms with Gasteiger partial charge in [0.2, 0.25) is 0 Å². The van der Waals surface area contributed by atoms with Crippen LogP contribution >= 0.6 is 0 Å². The van der Waals surface area contributed by atoms with Gasteiger partial charge in [-0.1, -0.05) is 42.0 Å². The summed E-state index contributed by atoms with van der Waals surface area (Å²) in [5, 5.41) is 19.4. The zero-order chi connectivity index (χ0) is 27.0. The molecule has 2 atom stereocenters. The molecule has 7 nitrogen and oxygen atoms in total. The maximum Gasteiger partial charge on any atom is 0.270 e. The lowest BCUT2D eigenvalue weighted by Crippen LogP contribution is -2.53. The molecule has 0 aliphatic carbocycles. The van der Waals surface area contributed by atoms with E-state index < -0.39 is 0 Å². The molecule has 1 aliphatic rings. The molecule has 0 saturated carbocycles. The van der Waals surface area contributed by atoms with E-state index in [1.807, 2.05) is 24.0 Å². The number of halogens is 1. The van der Waals surface area contributed by atoms with E-state index in [4.69, 9.17) is 0 Å². The summed E-state index contributed by atoms with van der Waals surface area (Å²) < 4.78 is 15.2. The van der Waals surface area contributed by atoms with Gasteiger partial charge >= 0.3 is 0 Å². The fourth-order valence-corrected chi connectivity index (χ4v) is 5.39. The molecular formula is C30H27FN6O. The van der Waals surface area contributed by atoms with Gasteiger partial charge in [0.25, 0.3) is 5.56 Å². The number of pyridine rings is 2. The summed E-state index contributed by atoms with van der Waals surface area (Å²) in [4.78, 5) is 22.0. The van der Waals surface area contributed by atoms with Crippen molar-refractivity contribution < 1.29 is 4.39 Å². The van der Waals surface area contributed by atoms with Crippen molar-refractivity contribution in [2.24, 2.45) is 7.05 Å². The van der Waals surface area contributed by atoms with E-state index in [9.17, 15) is 19.7 Å². The third-order valence-electron chi connectivity index (χ3n) is 7.35. The molecule has 1 fully saturated rings. The Hall–Kier alpha value is -4.53. The number of aromatic nitrogens is 2. The van der Waals surface area contributed by atoms with Crippen molar-refractivity contribution in [2.45, 2.75) is 25.9 Å². The van der Waals surface area contributed by atoms with E-state index in [0.29, 0.717) is 36.4 Å². The lowest BCUT2D eigenvalue weighted by atomic mass is 9.94. The first kappa shape index (κ1) is 25.1. The van der Waals surface area contributed by atoms with Crippen molar-refractivity contribution in [3.05, 3.63) is 105 Å². The van der Waals surface area contributed by atoms with Gasteiger partial charge < -0.3 is 9.47 Å². The maximum absolute atomic E-state index is 13.8. The molecule has 190 valence electrons. The lowest BCUT2D eigenvalue weighted by Gasteiger charge is -2.45. The van der Waals surface area contributed by atoms with Crippen LogP contribution < -0.4 is 10.5 Å². The van der Waals surface area contributed by atoms with Crippen LogP contribution in [0.2, 0.25) is 0 Å². The Labute approximate surface area is 220 Å². The zero-order valence-electron chi connectivity index (χ0n) is 21.5. The minimum absolute atomic E-state index is 0.0184. The molecule has 0 amide bonds. The van der Waals surface area contributed by atoms with Crippen LogP contribution in [0.1, 0.15) is 40.9 Å². The van der Waals surface area contributed by atoms with Gasteiger partial charge in [-0.2, -0.15) is 10.5 Å². The summed E-state index contributed by atoms with van der Waals surface area (Å²) >= 11 is 0. The second-order valence-corrected chi connectivity index (χ2v) is 9.77. The molecule has 0 bridgehead atoms. The third kappa shape index (κ3) is 4.40. The average molecular weight is 507 g/mol. The smallest absolute Gasteiger partial charge is 0.270 e. The number of aryl methyl sites for hydroxylation is 2. The highest BCUT2D eigenvalue weighted by Crippen LogP contribution is 2.35. The molecule has 1 aliphatic heterocycles. The number of nitriles is 2. The number of piperazine rings is 1. The van der Waals surface area contributed by atoms with Crippen LogP contribution in [0.25, 0.3) is 11.0 Å². The zero-order valence-corrected chi connectivity index (χ0v) is 21.5. The van der Waals surface area contributed by atoms with Crippen LogP contribution in [0.3, 0.4) is 0 Å². The van der Waals surface area contributed by atoms with Crippen LogP contribution in [0.5, 0.6) is 0 Å². The molecule has 1 saturated heterocycles. The second-order valence-electron chi connectivity index (χ2n) is 9.77. The number of benzene rings is 2. The van der Waals surface area contributed by atoms with Crippen molar-refractivity contribution in [3.8, 4) is 12.1 Å². The molecule has 2 aromatic carbocycles. The average Bonchev–Trinajstić information content (AvgIpc) is 2.93. The molecule has 4 aromatic rings. The first-order valence-corrected chi connectivity index (χ1v) is 12.5. The Morgan fingerprint density at radius 2 is 1.63 bits per heavy atom. The van der Waals surface area contributed by atoms with E-state index in [-0.39, 0.29) is 34.7 Å². The Bertz CT molecular complexity index is 1600. The van der Waals surface area contributed by atoms with Gasteiger partial charge in [-0.15, -0.1) is 0 Å². The highest BCUT2D eigenvalue weighted by atomic mass is 19.1. The number of fused-ring (bicyclic) bond motifs is 1. The predicted octanol–water partition coefficient (Wildman–Crippen LogP) is 4.42. The Kier molecular flexibility index (Phi) is 6.67. The van der Waals surface area contributed by atoms with E-state index in [2.05, 4.69) is 53.2 Å². The molecule has 3 heterocycles. The van der Waals surface area contributed by atoms with Gasteiger partial charge in [0.05, 0.1) is 17.2 Å². The van der Waals surface area contributed by atoms with Gasteiger partial charge in [-0.3, -0.25) is 9.69 Å².